The van der Waals surface area contributed by atoms with E-state index in [1.165, 1.54) is 29.1 Å². The number of hydrogen-bond donors (Lipinski definition) is 2. The third kappa shape index (κ3) is 3.11. The smallest absolute Gasteiger partial charge is 0.253 e. The average Bonchev–Trinajstić information content (AvgIpc) is 3.11. The summed E-state index contributed by atoms with van der Waals surface area (Å²) in [5.41, 5.74) is 10.1. The number of carbonyl (C=O) groups is 2. The Morgan fingerprint density at radius 1 is 1.21 bits per heavy atom. The molecule has 4 aliphatic carbocycles. The topological polar surface area (TPSA) is 100 Å². The maximum Gasteiger partial charge on any atom is 0.253 e. The van der Waals surface area contributed by atoms with Gasteiger partial charge in [-0.15, -0.1) is 11.3 Å². The maximum absolute atomic E-state index is 13.3. The quantitative estimate of drug-likeness (QED) is 0.517. The van der Waals surface area contributed by atoms with Crippen molar-refractivity contribution in [1.29, 1.82) is 5.41 Å². The van der Waals surface area contributed by atoms with Gasteiger partial charge in [-0.05, 0) is 81.4 Å². The molecule has 2 aromatic rings. The molecule has 1 amide bonds. The molecule has 1 aliphatic heterocycles. The van der Waals surface area contributed by atoms with Crippen LogP contribution >= 0.6 is 11.3 Å². The number of amides is 1. The Kier molecular flexibility index (Phi) is 4.45. The van der Waals surface area contributed by atoms with Crippen LogP contribution in [0.3, 0.4) is 0 Å². The average molecular weight is 463 g/mol. The number of ketones is 1. The highest BCUT2D eigenvalue weighted by Gasteiger charge is 2.59. The van der Waals surface area contributed by atoms with Crippen molar-refractivity contribution < 1.29 is 9.59 Å². The van der Waals surface area contributed by atoms with E-state index in [2.05, 4.69) is 0 Å². The lowest BCUT2D eigenvalue weighted by molar-refractivity contribution is -0.0275. The molecule has 2 bridgehead atoms. The van der Waals surface area contributed by atoms with Gasteiger partial charge >= 0.3 is 0 Å². The Labute approximate surface area is 198 Å². The van der Waals surface area contributed by atoms with Gasteiger partial charge in [0.05, 0.1) is 5.01 Å². The molecule has 33 heavy (non-hydrogen) atoms. The van der Waals surface area contributed by atoms with Crippen molar-refractivity contribution in [1.82, 2.24) is 9.88 Å². The number of thiazole rings is 1. The highest BCUT2D eigenvalue weighted by molar-refractivity contribution is 7.12. The zero-order chi connectivity index (χ0) is 23.1. The zero-order valence-electron chi connectivity index (χ0n) is 19.3. The van der Waals surface area contributed by atoms with Crippen LogP contribution in [-0.4, -0.2) is 40.4 Å². The van der Waals surface area contributed by atoms with Crippen molar-refractivity contribution in [2.45, 2.75) is 64.2 Å². The highest BCUT2D eigenvalue weighted by Crippen LogP contribution is 2.66. The van der Waals surface area contributed by atoms with Crippen LogP contribution in [0, 0.1) is 23.7 Å². The molecule has 3 saturated carbocycles. The van der Waals surface area contributed by atoms with Gasteiger partial charge in [0.15, 0.2) is 5.78 Å². The summed E-state index contributed by atoms with van der Waals surface area (Å²) in [4.78, 5) is 34.3. The minimum atomic E-state index is -0.0438. The molecule has 7 heteroatoms. The summed E-state index contributed by atoms with van der Waals surface area (Å²) in [5, 5.41) is 9.19. The number of Topliss-reactive ketones (excluding diaryl/α,β-unsaturated/α-hetero) is 1. The molecule has 5 aliphatic rings. The van der Waals surface area contributed by atoms with Crippen LogP contribution in [0.1, 0.15) is 87.3 Å². The van der Waals surface area contributed by atoms with Crippen LogP contribution < -0.4 is 5.73 Å². The van der Waals surface area contributed by atoms with Crippen LogP contribution in [-0.2, 0) is 11.8 Å². The minimum absolute atomic E-state index is 0.0121. The molecule has 1 spiro atoms. The van der Waals surface area contributed by atoms with Crippen molar-refractivity contribution >= 4 is 34.4 Å². The lowest BCUT2D eigenvalue weighted by atomic mass is 9.45. The fourth-order valence-electron chi connectivity index (χ4n) is 6.44. The van der Waals surface area contributed by atoms with Gasteiger partial charge < -0.3 is 16.0 Å². The van der Waals surface area contributed by atoms with Gasteiger partial charge in [0.2, 0.25) is 0 Å². The van der Waals surface area contributed by atoms with E-state index < -0.39 is 0 Å². The van der Waals surface area contributed by atoms with E-state index in [1.54, 1.807) is 24.3 Å². The van der Waals surface area contributed by atoms with E-state index in [1.807, 2.05) is 17.9 Å². The summed E-state index contributed by atoms with van der Waals surface area (Å²) >= 11 is 1.79. The Balaban J connectivity index is 1.18. The number of nitrogen functional groups attached to an aromatic ring is 1. The number of hydrogen-bond acceptors (Lipinski definition) is 6. The molecule has 1 aromatic carbocycles. The number of piperidine rings is 1. The van der Waals surface area contributed by atoms with Gasteiger partial charge in [0.25, 0.3) is 5.91 Å². The van der Waals surface area contributed by atoms with Crippen LogP contribution in [0.25, 0.3) is 0 Å². The summed E-state index contributed by atoms with van der Waals surface area (Å²) in [5.74, 6) is 1.09. The molecule has 7 rings (SSSR count). The Bertz CT molecular complexity index is 1200. The van der Waals surface area contributed by atoms with E-state index in [4.69, 9.17) is 16.1 Å². The lowest BCUT2D eigenvalue weighted by Crippen LogP contribution is -2.55. The van der Waals surface area contributed by atoms with Crippen LogP contribution in [0.4, 0.5) is 5.69 Å². The number of nitrogens with zero attached hydrogens (tertiary/aromatic N) is 2. The summed E-state index contributed by atoms with van der Waals surface area (Å²) in [7, 11) is 0. The molecule has 0 atom stereocenters. The fraction of sp³-hybridized carbons (Fsp3) is 0.538. The SMILES string of the molecule is CC(=N)c1cc(C(=O)N2CCC3(CC2)CC(=O)c2nc(C45CC(C4)C5)sc2C3)cc(C)c1N. The minimum Gasteiger partial charge on any atom is -0.398 e. The number of aryl methyl sites for hydroxylation is 1. The predicted molar refractivity (Wildman–Crippen MR) is 129 cm³/mol. The largest absolute Gasteiger partial charge is 0.398 e. The van der Waals surface area contributed by atoms with E-state index in [-0.39, 0.29) is 17.1 Å². The number of likely N-dealkylation sites (tertiary alicyclic amines) is 1. The molecule has 1 saturated heterocycles. The number of rotatable bonds is 3. The zero-order valence-corrected chi connectivity index (χ0v) is 20.1. The number of nitrogens with two attached hydrogens (primary N) is 1. The Morgan fingerprint density at radius 2 is 1.91 bits per heavy atom. The number of fused-ring (bicyclic) bond motifs is 1. The standard InChI is InChI=1S/C26H30N4O2S/c1-14-7-17(8-18(15(2)27)21(14)28)23(32)30-5-3-25(4-6-30)12-19(31)22-20(13-25)33-24(29-22)26-9-16(10-26)11-26/h7-8,16,27H,3-6,9-13,28H2,1-2H3. The van der Waals surface area contributed by atoms with Crippen molar-refractivity contribution in [3.8, 4) is 0 Å². The third-order valence-corrected chi connectivity index (χ3v) is 9.98. The number of carbonyl (C=O) groups excluding carboxylic acids is 2. The summed E-state index contributed by atoms with van der Waals surface area (Å²) in [6.07, 6.45) is 6.95. The van der Waals surface area contributed by atoms with Crippen molar-refractivity contribution in [3.63, 3.8) is 0 Å². The normalized spacial score (nSPS) is 27.0. The van der Waals surface area contributed by atoms with Gasteiger partial charge in [-0.3, -0.25) is 9.59 Å². The first-order valence-corrected chi connectivity index (χ1v) is 12.8. The van der Waals surface area contributed by atoms with E-state index in [9.17, 15) is 9.59 Å². The molecule has 3 N–H and O–H groups in total. The van der Waals surface area contributed by atoms with E-state index in [0.29, 0.717) is 47.5 Å². The van der Waals surface area contributed by atoms with Gasteiger partial charge in [0, 0.05) is 52.3 Å². The number of aromatic nitrogens is 1. The van der Waals surface area contributed by atoms with Gasteiger partial charge in [-0.25, -0.2) is 4.98 Å². The molecular formula is C26H30N4O2S. The van der Waals surface area contributed by atoms with Crippen molar-refractivity contribution in [2.75, 3.05) is 18.8 Å². The van der Waals surface area contributed by atoms with Crippen molar-refractivity contribution in [3.05, 3.63) is 44.4 Å². The van der Waals surface area contributed by atoms with Gasteiger partial charge in [0.1, 0.15) is 5.69 Å². The third-order valence-electron chi connectivity index (χ3n) is 8.67. The number of anilines is 1. The second-order valence-electron chi connectivity index (χ2n) is 11.0. The summed E-state index contributed by atoms with van der Waals surface area (Å²) in [6.45, 7) is 4.88. The second-order valence-corrected chi connectivity index (χ2v) is 12.1. The highest BCUT2D eigenvalue weighted by atomic mass is 32.1. The Hall–Kier alpha value is -2.54. The molecule has 0 radical (unpaired) electrons. The maximum atomic E-state index is 13.3. The molecule has 172 valence electrons. The fourth-order valence-corrected chi connectivity index (χ4v) is 7.91. The first-order valence-electron chi connectivity index (χ1n) is 12.0. The van der Waals surface area contributed by atoms with Crippen LogP contribution in [0.5, 0.6) is 0 Å². The van der Waals surface area contributed by atoms with Gasteiger partial charge in [-0.1, -0.05) is 0 Å². The number of nitrogens with one attached hydrogen (secondary N) is 1. The van der Waals surface area contributed by atoms with Crippen LogP contribution in [0.2, 0.25) is 0 Å². The lowest BCUT2D eigenvalue weighted by Gasteiger charge is -2.60. The molecule has 1 aromatic heterocycles. The first kappa shape index (κ1) is 21.0. The summed E-state index contributed by atoms with van der Waals surface area (Å²) < 4.78 is 0. The van der Waals surface area contributed by atoms with Gasteiger partial charge in [-0.2, -0.15) is 0 Å². The second kappa shape index (κ2) is 6.98. The number of benzene rings is 1. The molecule has 4 fully saturated rings. The van der Waals surface area contributed by atoms with Crippen LogP contribution in [0.15, 0.2) is 12.1 Å². The summed E-state index contributed by atoms with van der Waals surface area (Å²) in [6, 6.07) is 3.58. The molecule has 2 heterocycles. The molecular weight excluding hydrogens is 432 g/mol. The Morgan fingerprint density at radius 3 is 2.52 bits per heavy atom. The van der Waals surface area contributed by atoms with E-state index in [0.717, 1.165) is 36.4 Å². The van der Waals surface area contributed by atoms with Crippen molar-refractivity contribution in [2.24, 2.45) is 11.3 Å². The molecule has 6 nitrogen and oxygen atoms in total. The van der Waals surface area contributed by atoms with E-state index >= 15 is 0 Å². The molecule has 0 unspecified atom stereocenters. The first-order chi connectivity index (χ1) is 15.7. The predicted octanol–water partition coefficient (Wildman–Crippen LogP) is 4.52. The monoisotopic (exact) mass is 462 g/mol.